The van der Waals surface area contributed by atoms with Crippen LogP contribution in [0.25, 0.3) is 0 Å². The van der Waals surface area contributed by atoms with Crippen molar-refractivity contribution in [3.63, 3.8) is 0 Å². The summed E-state index contributed by atoms with van der Waals surface area (Å²) in [7, 11) is 0. The summed E-state index contributed by atoms with van der Waals surface area (Å²) in [5.41, 5.74) is 0.812. The van der Waals surface area contributed by atoms with Crippen molar-refractivity contribution in [2.75, 3.05) is 6.54 Å². The van der Waals surface area contributed by atoms with Gasteiger partial charge in [0.15, 0.2) is 0 Å². The Bertz CT molecular complexity index is 376. The highest BCUT2D eigenvalue weighted by molar-refractivity contribution is 5.44. The van der Waals surface area contributed by atoms with E-state index in [1.807, 2.05) is 6.92 Å². The molecule has 0 saturated carbocycles. The third-order valence-corrected chi connectivity index (χ3v) is 3.70. The molecule has 1 aromatic carbocycles. The second kappa shape index (κ2) is 5.61. The topological polar surface area (TPSA) is 52.5 Å². The van der Waals surface area contributed by atoms with E-state index in [0.717, 1.165) is 6.54 Å². The Hall–Kier alpha value is -1.22. The molecule has 18 heavy (non-hydrogen) atoms. The van der Waals surface area contributed by atoms with Crippen molar-refractivity contribution < 1.29 is 10.2 Å². The van der Waals surface area contributed by atoms with Gasteiger partial charge in [-0.05, 0) is 36.9 Å². The highest BCUT2D eigenvalue weighted by atomic mass is 16.3. The lowest BCUT2D eigenvalue weighted by Crippen LogP contribution is -2.31. The quantitative estimate of drug-likeness (QED) is 0.768. The van der Waals surface area contributed by atoms with Crippen molar-refractivity contribution in [2.45, 2.75) is 40.7 Å². The van der Waals surface area contributed by atoms with Gasteiger partial charge in [0.1, 0.15) is 11.5 Å². The average molecular weight is 251 g/mol. The summed E-state index contributed by atoms with van der Waals surface area (Å²) in [5, 5.41) is 22.9. The highest BCUT2D eigenvalue weighted by Gasteiger charge is 2.21. The molecule has 0 aromatic heterocycles. The summed E-state index contributed by atoms with van der Waals surface area (Å²) in [6.07, 6.45) is 0. The Morgan fingerprint density at radius 2 is 1.61 bits per heavy atom. The molecule has 3 nitrogen and oxygen atoms in total. The maximum atomic E-state index is 9.79. The monoisotopic (exact) mass is 251 g/mol. The van der Waals surface area contributed by atoms with Gasteiger partial charge in [-0.1, -0.05) is 33.8 Å². The Balaban J connectivity index is 2.69. The summed E-state index contributed by atoms with van der Waals surface area (Å²) in [5.74, 6) is 0.782. The minimum Gasteiger partial charge on any atom is -0.507 e. The number of nitrogens with one attached hydrogen (secondary N) is 1. The van der Waals surface area contributed by atoms with Gasteiger partial charge >= 0.3 is 0 Å². The van der Waals surface area contributed by atoms with Crippen molar-refractivity contribution in [3.05, 3.63) is 23.8 Å². The largest absolute Gasteiger partial charge is 0.507 e. The van der Waals surface area contributed by atoms with Gasteiger partial charge in [0, 0.05) is 6.04 Å². The Kier molecular flexibility index (Phi) is 4.63. The normalized spacial score (nSPS) is 15.4. The first kappa shape index (κ1) is 14.8. The fraction of sp³-hybridized carbons (Fsp3) is 0.600. The van der Waals surface area contributed by atoms with Crippen LogP contribution in [0.1, 0.15) is 46.2 Å². The lowest BCUT2D eigenvalue weighted by molar-refractivity contribution is 0.246. The molecule has 3 N–H and O–H groups in total. The van der Waals surface area contributed by atoms with Crippen LogP contribution in [0.3, 0.4) is 0 Å². The predicted octanol–water partition coefficient (Wildman–Crippen LogP) is 3.43. The van der Waals surface area contributed by atoms with Gasteiger partial charge in [-0.2, -0.15) is 0 Å². The zero-order chi connectivity index (χ0) is 13.9. The van der Waals surface area contributed by atoms with Crippen LogP contribution >= 0.6 is 0 Å². The van der Waals surface area contributed by atoms with E-state index in [9.17, 15) is 10.2 Å². The van der Waals surface area contributed by atoms with Crippen LogP contribution in [0.2, 0.25) is 0 Å². The molecule has 0 bridgehead atoms. The fourth-order valence-corrected chi connectivity index (χ4v) is 1.75. The van der Waals surface area contributed by atoms with E-state index < -0.39 is 0 Å². The van der Waals surface area contributed by atoms with E-state index in [2.05, 4.69) is 33.0 Å². The number of benzene rings is 1. The lowest BCUT2D eigenvalue weighted by Gasteiger charge is -2.29. The second-order valence-corrected chi connectivity index (χ2v) is 6.11. The molecule has 102 valence electrons. The summed E-state index contributed by atoms with van der Waals surface area (Å²) in [6.45, 7) is 11.6. The number of rotatable bonds is 4. The van der Waals surface area contributed by atoms with Gasteiger partial charge in [-0.15, -0.1) is 0 Å². The molecule has 1 rings (SSSR count). The third kappa shape index (κ3) is 3.64. The van der Waals surface area contributed by atoms with Gasteiger partial charge in [-0.3, -0.25) is 0 Å². The summed E-state index contributed by atoms with van der Waals surface area (Å²) < 4.78 is 0. The standard InChI is InChI=1S/C15H25NO2/c1-10(15(3,4)5)9-16-11(2)14-12(17)7-6-8-13(14)18/h6-8,10-11,16-18H,9H2,1-5H3. The maximum absolute atomic E-state index is 9.79. The average Bonchev–Trinajstić information content (AvgIpc) is 2.24. The molecule has 0 radical (unpaired) electrons. The Morgan fingerprint density at radius 3 is 2.06 bits per heavy atom. The lowest BCUT2D eigenvalue weighted by atomic mass is 9.82. The van der Waals surface area contributed by atoms with Gasteiger partial charge < -0.3 is 15.5 Å². The van der Waals surface area contributed by atoms with E-state index in [1.54, 1.807) is 18.2 Å². The third-order valence-electron chi connectivity index (χ3n) is 3.70. The molecule has 0 aliphatic rings. The number of hydrogen-bond acceptors (Lipinski definition) is 3. The van der Waals surface area contributed by atoms with E-state index in [0.29, 0.717) is 11.5 Å². The summed E-state index contributed by atoms with van der Waals surface area (Å²) in [4.78, 5) is 0. The number of hydrogen-bond donors (Lipinski definition) is 3. The van der Waals surface area contributed by atoms with E-state index in [-0.39, 0.29) is 23.0 Å². The maximum Gasteiger partial charge on any atom is 0.124 e. The van der Waals surface area contributed by atoms with Gasteiger partial charge in [0.2, 0.25) is 0 Å². The molecule has 0 heterocycles. The molecule has 0 aliphatic carbocycles. The van der Waals surface area contributed by atoms with E-state index >= 15 is 0 Å². The molecular formula is C15H25NO2. The van der Waals surface area contributed by atoms with Gasteiger partial charge in [-0.25, -0.2) is 0 Å². The predicted molar refractivity (Wildman–Crippen MR) is 74.8 cm³/mol. The van der Waals surface area contributed by atoms with Crippen LogP contribution in [-0.4, -0.2) is 16.8 Å². The molecule has 2 atom stereocenters. The molecule has 0 amide bonds. The minimum absolute atomic E-state index is 0.0731. The second-order valence-electron chi connectivity index (χ2n) is 6.11. The summed E-state index contributed by atoms with van der Waals surface area (Å²) >= 11 is 0. The summed E-state index contributed by atoms with van der Waals surface area (Å²) in [6, 6.07) is 4.76. The molecule has 0 spiro atoms. The number of aromatic hydroxyl groups is 2. The van der Waals surface area contributed by atoms with Crippen molar-refractivity contribution in [1.82, 2.24) is 5.32 Å². The highest BCUT2D eigenvalue weighted by Crippen LogP contribution is 2.32. The van der Waals surface area contributed by atoms with Crippen LogP contribution < -0.4 is 5.32 Å². The van der Waals surface area contributed by atoms with Crippen molar-refractivity contribution in [3.8, 4) is 11.5 Å². The van der Waals surface area contributed by atoms with Crippen LogP contribution in [0, 0.1) is 11.3 Å². The zero-order valence-corrected chi connectivity index (χ0v) is 12.0. The smallest absolute Gasteiger partial charge is 0.124 e. The van der Waals surface area contributed by atoms with Crippen LogP contribution in [0.5, 0.6) is 11.5 Å². The van der Waals surface area contributed by atoms with Gasteiger partial charge in [0.05, 0.1) is 5.56 Å². The van der Waals surface area contributed by atoms with Crippen molar-refractivity contribution >= 4 is 0 Å². The first-order valence-corrected chi connectivity index (χ1v) is 6.47. The van der Waals surface area contributed by atoms with E-state index in [4.69, 9.17) is 0 Å². The van der Waals surface area contributed by atoms with E-state index in [1.165, 1.54) is 0 Å². The van der Waals surface area contributed by atoms with Crippen LogP contribution in [-0.2, 0) is 0 Å². The Morgan fingerprint density at radius 1 is 1.11 bits per heavy atom. The van der Waals surface area contributed by atoms with Gasteiger partial charge in [0.25, 0.3) is 0 Å². The Labute approximate surface area is 110 Å². The van der Waals surface area contributed by atoms with Crippen molar-refractivity contribution in [2.24, 2.45) is 11.3 Å². The minimum atomic E-state index is -0.0731. The van der Waals surface area contributed by atoms with Crippen LogP contribution in [0.15, 0.2) is 18.2 Å². The molecule has 1 aromatic rings. The molecule has 3 heteroatoms. The zero-order valence-electron chi connectivity index (χ0n) is 12.0. The number of phenolic OH excluding ortho intramolecular Hbond substituents is 2. The molecule has 0 aliphatic heterocycles. The molecule has 2 unspecified atom stereocenters. The first-order valence-electron chi connectivity index (χ1n) is 6.47. The van der Waals surface area contributed by atoms with Crippen molar-refractivity contribution in [1.29, 1.82) is 0 Å². The molecular weight excluding hydrogens is 226 g/mol. The number of phenols is 2. The molecule has 0 saturated heterocycles. The fourth-order valence-electron chi connectivity index (χ4n) is 1.75. The first-order chi connectivity index (χ1) is 8.23. The molecule has 0 fully saturated rings. The van der Waals surface area contributed by atoms with Crippen LogP contribution in [0.4, 0.5) is 0 Å². The SMILES string of the molecule is CC(NCC(C)C(C)(C)C)c1c(O)cccc1O.